The van der Waals surface area contributed by atoms with Crippen molar-refractivity contribution < 1.29 is 9.47 Å². The molecule has 0 spiro atoms. The molecule has 0 radical (unpaired) electrons. The molecule has 0 unspecified atom stereocenters. The number of halogens is 1. The molecular formula is C16H14BrN5O2. The van der Waals surface area contributed by atoms with Crippen molar-refractivity contribution in [3.05, 3.63) is 40.9 Å². The van der Waals surface area contributed by atoms with Crippen LogP contribution in [0.3, 0.4) is 0 Å². The molecule has 0 aliphatic rings. The molecule has 2 heterocycles. The second kappa shape index (κ2) is 5.72. The zero-order valence-corrected chi connectivity index (χ0v) is 14.6. The Balaban J connectivity index is 1.76. The van der Waals surface area contributed by atoms with Crippen LogP contribution >= 0.6 is 15.9 Å². The van der Waals surface area contributed by atoms with Gasteiger partial charge in [0.15, 0.2) is 11.5 Å². The quantitative estimate of drug-likeness (QED) is 0.557. The topological polar surface area (TPSA) is 76.5 Å². The smallest absolute Gasteiger partial charge is 0.253 e. The number of rotatable bonds is 4. The van der Waals surface area contributed by atoms with Crippen LogP contribution in [0.2, 0.25) is 0 Å². The van der Waals surface area contributed by atoms with Crippen molar-refractivity contribution in [1.82, 2.24) is 19.6 Å². The minimum atomic E-state index is 0.569. The summed E-state index contributed by atoms with van der Waals surface area (Å²) >= 11 is 3.42. The van der Waals surface area contributed by atoms with Gasteiger partial charge in [-0.1, -0.05) is 15.9 Å². The number of nitrogens with zero attached hydrogens (tertiary/aromatic N) is 3. The Morgan fingerprint density at radius 1 is 1.04 bits per heavy atom. The highest BCUT2D eigenvalue weighted by atomic mass is 79.9. The zero-order chi connectivity index (χ0) is 16.7. The summed E-state index contributed by atoms with van der Waals surface area (Å²) in [4.78, 5) is 8.98. The number of aromatic amines is 1. The number of H-pyrrole nitrogens is 1. The average Bonchev–Trinajstić information content (AvgIpc) is 3.12. The van der Waals surface area contributed by atoms with Crippen molar-refractivity contribution in [2.24, 2.45) is 0 Å². The molecule has 0 atom stereocenters. The van der Waals surface area contributed by atoms with E-state index < -0.39 is 0 Å². The van der Waals surface area contributed by atoms with Gasteiger partial charge in [-0.25, -0.2) is 9.50 Å². The third kappa shape index (κ3) is 2.44. The molecule has 8 heteroatoms. The van der Waals surface area contributed by atoms with E-state index in [0.29, 0.717) is 23.2 Å². The number of hydrogen-bond acceptors (Lipinski definition) is 5. The first kappa shape index (κ1) is 14.8. The number of imidazole rings is 1. The SMILES string of the molecule is COc1cc2nc3nc(Nc4ccc(Br)cc4)[nH]n3c2cc1OC. The van der Waals surface area contributed by atoms with Gasteiger partial charge in [-0.05, 0) is 24.3 Å². The maximum absolute atomic E-state index is 5.36. The lowest BCUT2D eigenvalue weighted by Crippen LogP contribution is -1.94. The summed E-state index contributed by atoms with van der Waals surface area (Å²) in [5.41, 5.74) is 2.57. The molecular weight excluding hydrogens is 374 g/mol. The number of benzene rings is 2. The zero-order valence-electron chi connectivity index (χ0n) is 13.0. The van der Waals surface area contributed by atoms with Crippen molar-refractivity contribution in [2.75, 3.05) is 19.5 Å². The Hall–Kier alpha value is -2.74. The molecule has 2 N–H and O–H groups in total. The lowest BCUT2D eigenvalue weighted by atomic mass is 10.3. The number of methoxy groups -OCH3 is 2. The summed E-state index contributed by atoms with van der Waals surface area (Å²) < 4.78 is 13.5. The van der Waals surface area contributed by atoms with E-state index in [-0.39, 0.29) is 0 Å². The van der Waals surface area contributed by atoms with Crippen LogP contribution in [0.15, 0.2) is 40.9 Å². The van der Waals surface area contributed by atoms with Crippen molar-refractivity contribution in [3.63, 3.8) is 0 Å². The highest BCUT2D eigenvalue weighted by Gasteiger charge is 2.14. The van der Waals surface area contributed by atoms with Gasteiger partial charge in [0.2, 0.25) is 5.95 Å². The summed E-state index contributed by atoms with van der Waals surface area (Å²) in [5, 5.41) is 6.41. The van der Waals surface area contributed by atoms with E-state index in [0.717, 1.165) is 21.2 Å². The minimum Gasteiger partial charge on any atom is -0.493 e. The highest BCUT2D eigenvalue weighted by molar-refractivity contribution is 9.10. The van der Waals surface area contributed by atoms with Gasteiger partial charge in [-0.15, -0.1) is 0 Å². The van der Waals surface area contributed by atoms with E-state index in [9.17, 15) is 0 Å². The van der Waals surface area contributed by atoms with Gasteiger partial charge in [-0.2, -0.15) is 4.98 Å². The highest BCUT2D eigenvalue weighted by Crippen LogP contribution is 2.32. The molecule has 122 valence electrons. The molecule has 0 fully saturated rings. The van der Waals surface area contributed by atoms with Crippen molar-refractivity contribution in [1.29, 1.82) is 0 Å². The third-order valence-corrected chi connectivity index (χ3v) is 4.21. The lowest BCUT2D eigenvalue weighted by Gasteiger charge is -2.06. The first-order valence-electron chi connectivity index (χ1n) is 7.21. The molecule has 0 amide bonds. The number of hydrogen-bond donors (Lipinski definition) is 2. The molecule has 2 aromatic heterocycles. The van der Waals surface area contributed by atoms with Crippen LogP contribution in [0.1, 0.15) is 0 Å². The number of fused-ring (bicyclic) bond motifs is 3. The Bertz CT molecular complexity index is 1020. The molecule has 7 nitrogen and oxygen atoms in total. The summed E-state index contributed by atoms with van der Waals surface area (Å²) in [5.74, 6) is 2.46. The largest absolute Gasteiger partial charge is 0.493 e. The summed E-state index contributed by atoms with van der Waals surface area (Å²) in [7, 11) is 3.21. The predicted octanol–water partition coefficient (Wildman–Crippen LogP) is 3.73. The molecule has 0 saturated carbocycles. The van der Waals surface area contributed by atoms with Crippen LogP contribution in [0, 0.1) is 0 Å². The van der Waals surface area contributed by atoms with Gasteiger partial charge >= 0.3 is 0 Å². The van der Waals surface area contributed by atoms with E-state index >= 15 is 0 Å². The first-order chi connectivity index (χ1) is 11.7. The number of nitrogens with one attached hydrogen (secondary N) is 2. The Morgan fingerprint density at radius 2 is 1.75 bits per heavy atom. The van der Waals surface area contributed by atoms with Crippen LogP contribution in [0.25, 0.3) is 16.8 Å². The van der Waals surface area contributed by atoms with Crippen LogP contribution in [0.4, 0.5) is 11.6 Å². The average molecular weight is 388 g/mol. The van der Waals surface area contributed by atoms with E-state index in [4.69, 9.17) is 9.47 Å². The molecule has 2 aromatic carbocycles. The monoisotopic (exact) mass is 387 g/mol. The first-order valence-corrected chi connectivity index (χ1v) is 8.00. The second-order valence-electron chi connectivity index (χ2n) is 5.15. The van der Waals surface area contributed by atoms with Crippen LogP contribution in [-0.4, -0.2) is 33.8 Å². The Morgan fingerprint density at radius 3 is 2.46 bits per heavy atom. The predicted molar refractivity (Wildman–Crippen MR) is 95.4 cm³/mol. The fraction of sp³-hybridized carbons (Fsp3) is 0.125. The maximum Gasteiger partial charge on any atom is 0.253 e. The molecule has 0 aliphatic carbocycles. The van der Waals surface area contributed by atoms with Gasteiger partial charge in [-0.3, -0.25) is 5.10 Å². The van der Waals surface area contributed by atoms with Crippen LogP contribution in [-0.2, 0) is 0 Å². The van der Waals surface area contributed by atoms with Crippen LogP contribution in [0.5, 0.6) is 11.5 Å². The summed E-state index contributed by atoms with van der Waals surface area (Å²) in [6.07, 6.45) is 0. The van der Waals surface area contributed by atoms with Gasteiger partial charge < -0.3 is 14.8 Å². The Kier molecular flexibility index (Phi) is 3.53. The van der Waals surface area contributed by atoms with Gasteiger partial charge in [0, 0.05) is 22.3 Å². The van der Waals surface area contributed by atoms with Gasteiger partial charge in [0.05, 0.1) is 25.3 Å². The molecule has 4 rings (SSSR count). The standard InChI is InChI=1S/C16H14BrN5O2/c1-23-13-7-11-12(8-14(13)24-2)22-16(19-11)20-15(21-22)18-10-5-3-9(17)4-6-10/h3-8H,1-2H3,(H2,18,19,20,21). The Labute approximate surface area is 145 Å². The summed E-state index contributed by atoms with van der Waals surface area (Å²) in [6, 6.07) is 11.5. The molecule has 24 heavy (non-hydrogen) atoms. The normalized spacial score (nSPS) is 11.1. The van der Waals surface area contributed by atoms with Crippen molar-refractivity contribution in [3.8, 4) is 11.5 Å². The van der Waals surface area contributed by atoms with Gasteiger partial charge in [0.1, 0.15) is 0 Å². The van der Waals surface area contributed by atoms with Gasteiger partial charge in [0.25, 0.3) is 5.78 Å². The van der Waals surface area contributed by atoms with Crippen molar-refractivity contribution >= 4 is 44.4 Å². The van der Waals surface area contributed by atoms with Crippen molar-refractivity contribution in [2.45, 2.75) is 0 Å². The van der Waals surface area contributed by atoms with Crippen LogP contribution < -0.4 is 14.8 Å². The number of ether oxygens (including phenoxy) is 2. The lowest BCUT2D eigenvalue weighted by molar-refractivity contribution is 0.355. The molecule has 0 bridgehead atoms. The fourth-order valence-electron chi connectivity index (χ4n) is 2.53. The van der Waals surface area contributed by atoms with E-state index in [1.54, 1.807) is 18.7 Å². The van der Waals surface area contributed by atoms with E-state index in [1.165, 1.54) is 0 Å². The molecule has 0 saturated heterocycles. The second-order valence-corrected chi connectivity index (χ2v) is 6.06. The van der Waals surface area contributed by atoms with E-state index in [2.05, 4.69) is 36.3 Å². The third-order valence-electron chi connectivity index (χ3n) is 3.68. The minimum absolute atomic E-state index is 0.569. The maximum atomic E-state index is 5.36. The number of anilines is 2. The number of aromatic nitrogens is 4. The fourth-order valence-corrected chi connectivity index (χ4v) is 2.80. The summed E-state index contributed by atoms with van der Waals surface area (Å²) in [6.45, 7) is 0. The molecule has 4 aromatic rings. The van der Waals surface area contributed by atoms with E-state index in [1.807, 2.05) is 36.4 Å². The molecule has 0 aliphatic heterocycles.